The number of carbonyl (C=O) groups is 1. The second-order valence-corrected chi connectivity index (χ2v) is 6.13. The van der Waals surface area contributed by atoms with Crippen molar-refractivity contribution < 1.29 is 9.53 Å². The molecule has 1 aromatic rings. The van der Waals surface area contributed by atoms with Gasteiger partial charge in [0.2, 0.25) is 0 Å². The first-order valence-electron chi connectivity index (χ1n) is 6.62. The third-order valence-electron chi connectivity index (χ3n) is 3.80. The van der Waals surface area contributed by atoms with Gasteiger partial charge in [-0.05, 0) is 59.3 Å². The standard InChI is InChI=1S/C14H17BrN2O2/c15-10-7-9(3-4-11(10)16)14(18)17-12-5-6-19-13(12)8-1-2-8/h3-4,7-8,12-13H,1-2,5-6,16H2,(H,17,18). The van der Waals surface area contributed by atoms with Crippen molar-refractivity contribution in [2.75, 3.05) is 12.3 Å². The third-order valence-corrected chi connectivity index (χ3v) is 4.49. The molecule has 2 aliphatic rings. The average molecular weight is 325 g/mol. The molecule has 1 aromatic carbocycles. The van der Waals surface area contributed by atoms with E-state index in [1.165, 1.54) is 12.8 Å². The van der Waals surface area contributed by atoms with Gasteiger partial charge in [-0.3, -0.25) is 4.79 Å². The van der Waals surface area contributed by atoms with Crippen molar-refractivity contribution >= 4 is 27.5 Å². The summed E-state index contributed by atoms with van der Waals surface area (Å²) >= 11 is 3.34. The van der Waals surface area contributed by atoms with Crippen LogP contribution in [-0.4, -0.2) is 24.7 Å². The van der Waals surface area contributed by atoms with E-state index in [0.717, 1.165) is 17.5 Å². The van der Waals surface area contributed by atoms with Gasteiger partial charge in [0, 0.05) is 22.3 Å². The van der Waals surface area contributed by atoms with Gasteiger partial charge in [0.15, 0.2) is 0 Å². The summed E-state index contributed by atoms with van der Waals surface area (Å²) in [6.45, 7) is 0.748. The molecule has 102 valence electrons. The molecule has 1 saturated heterocycles. The van der Waals surface area contributed by atoms with Crippen LogP contribution in [0.3, 0.4) is 0 Å². The number of rotatable bonds is 3. The van der Waals surface area contributed by atoms with Crippen molar-refractivity contribution in [1.82, 2.24) is 5.32 Å². The Morgan fingerprint density at radius 3 is 2.84 bits per heavy atom. The predicted octanol–water partition coefficient (Wildman–Crippen LogP) is 2.33. The van der Waals surface area contributed by atoms with Crippen LogP contribution in [-0.2, 0) is 4.74 Å². The SMILES string of the molecule is Nc1ccc(C(=O)NC2CCOC2C2CC2)cc1Br. The van der Waals surface area contributed by atoms with Crippen LogP contribution in [0.25, 0.3) is 0 Å². The Bertz CT molecular complexity index is 502. The molecule has 1 aliphatic heterocycles. The van der Waals surface area contributed by atoms with Gasteiger partial charge in [-0.1, -0.05) is 0 Å². The van der Waals surface area contributed by atoms with Gasteiger partial charge >= 0.3 is 0 Å². The highest BCUT2D eigenvalue weighted by atomic mass is 79.9. The van der Waals surface area contributed by atoms with Gasteiger partial charge in [-0.15, -0.1) is 0 Å². The number of nitrogen functional groups attached to an aromatic ring is 1. The molecular weight excluding hydrogens is 308 g/mol. The van der Waals surface area contributed by atoms with Crippen molar-refractivity contribution in [2.45, 2.75) is 31.4 Å². The van der Waals surface area contributed by atoms with Crippen molar-refractivity contribution in [1.29, 1.82) is 0 Å². The van der Waals surface area contributed by atoms with Crippen LogP contribution in [0, 0.1) is 5.92 Å². The van der Waals surface area contributed by atoms with E-state index in [-0.39, 0.29) is 18.1 Å². The minimum atomic E-state index is -0.0538. The Morgan fingerprint density at radius 1 is 1.37 bits per heavy atom. The summed E-state index contributed by atoms with van der Waals surface area (Å²) in [5.74, 6) is 0.591. The number of amides is 1. The summed E-state index contributed by atoms with van der Waals surface area (Å²) in [5.41, 5.74) is 6.99. The minimum absolute atomic E-state index is 0.0538. The average Bonchev–Trinajstić information content (AvgIpc) is 3.13. The summed E-state index contributed by atoms with van der Waals surface area (Å²) in [7, 11) is 0. The molecule has 0 aromatic heterocycles. The fourth-order valence-corrected chi connectivity index (χ4v) is 2.95. The van der Waals surface area contributed by atoms with Crippen molar-refractivity contribution in [3.8, 4) is 0 Å². The maximum atomic E-state index is 12.2. The van der Waals surface area contributed by atoms with Crippen molar-refractivity contribution in [3.63, 3.8) is 0 Å². The highest BCUT2D eigenvalue weighted by Gasteiger charge is 2.41. The molecule has 3 N–H and O–H groups in total. The zero-order chi connectivity index (χ0) is 13.4. The molecule has 1 saturated carbocycles. The number of ether oxygens (including phenoxy) is 1. The summed E-state index contributed by atoms with van der Waals surface area (Å²) in [4.78, 5) is 12.2. The Kier molecular flexibility index (Phi) is 3.50. The molecule has 0 bridgehead atoms. The van der Waals surface area contributed by atoms with E-state index in [4.69, 9.17) is 10.5 Å². The normalized spacial score (nSPS) is 26.4. The number of nitrogens with one attached hydrogen (secondary N) is 1. The fraction of sp³-hybridized carbons (Fsp3) is 0.500. The largest absolute Gasteiger partial charge is 0.398 e. The predicted molar refractivity (Wildman–Crippen MR) is 76.9 cm³/mol. The molecule has 0 radical (unpaired) electrons. The first kappa shape index (κ1) is 12.9. The van der Waals surface area contributed by atoms with E-state index >= 15 is 0 Å². The van der Waals surface area contributed by atoms with Crippen LogP contribution < -0.4 is 11.1 Å². The zero-order valence-electron chi connectivity index (χ0n) is 10.6. The number of hydrogen-bond acceptors (Lipinski definition) is 3. The maximum Gasteiger partial charge on any atom is 0.251 e. The highest BCUT2D eigenvalue weighted by molar-refractivity contribution is 9.10. The second-order valence-electron chi connectivity index (χ2n) is 5.28. The lowest BCUT2D eigenvalue weighted by molar-refractivity contribution is 0.0729. The van der Waals surface area contributed by atoms with E-state index in [0.29, 0.717) is 17.2 Å². The second kappa shape index (κ2) is 5.13. The van der Waals surface area contributed by atoms with Gasteiger partial charge in [0.25, 0.3) is 5.91 Å². The maximum absolute atomic E-state index is 12.2. The zero-order valence-corrected chi connectivity index (χ0v) is 12.2. The smallest absolute Gasteiger partial charge is 0.251 e. The Hall–Kier alpha value is -1.07. The van der Waals surface area contributed by atoms with E-state index in [1.807, 2.05) is 0 Å². The molecule has 2 atom stereocenters. The lowest BCUT2D eigenvalue weighted by atomic mass is 10.1. The summed E-state index contributed by atoms with van der Waals surface area (Å²) in [5, 5.41) is 3.09. The van der Waals surface area contributed by atoms with Crippen molar-refractivity contribution in [3.05, 3.63) is 28.2 Å². The quantitative estimate of drug-likeness (QED) is 0.839. The molecule has 0 spiro atoms. The Morgan fingerprint density at radius 2 is 2.16 bits per heavy atom. The number of carbonyl (C=O) groups excluding carboxylic acids is 1. The molecule has 1 amide bonds. The number of hydrogen-bond donors (Lipinski definition) is 2. The molecule has 19 heavy (non-hydrogen) atoms. The summed E-state index contributed by atoms with van der Waals surface area (Å²) in [6.07, 6.45) is 3.57. The van der Waals surface area contributed by atoms with Crippen LogP contribution in [0.2, 0.25) is 0 Å². The molecule has 5 heteroatoms. The molecular formula is C14H17BrN2O2. The van der Waals surface area contributed by atoms with E-state index < -0.39 is 0 Å². The molecule has 4 nitrogen and oxygen atoms in total. The van der Waals surface area contributed by atoms with Crippen LogP contribution in [0.1, 0.15) is 29.6 Å². The molecule has 3 rings (SSSR count). The first-order valence-corrected chi connectivity index (χ1v) is 7.42. The first-order chi connectivity index (χ1) is 9.15. The summed E-state index contributed by atoms with van der Waals surface area (Å²) in [6, 6.07) is 5.39. The molecule has 1 aliphatic carbocycles. The number of nitrogens with two attached hydrogens (primary N) is 1. The highest BCUT2D eigenvalue weighted by Crippen LogP contribution is 2.38. The van der Waals surface area contributed by atoms with Crippen LogP contribution in [0.15, 0.2) is 22.7 Å². The van der Waals surface area contributed by atoms with E-state index in [2.05, 4.69) is 21.2 Å². The lowest BCUT2D eigenvalue weighted by Crippen LogP contribution is -2.41. The Balaban J connectivity index is 1.68. The van der Waals surface area contributed by atoms with Crippen LogP contribution in [0.4, 0.5) is 5.69 Å². The fourth-order valence-electron chi connectivity index (χ4n) is 2.58. The molecule has 2 fully saturated rings. The Labute approximate surface area is 120 Å². The van der Waals surface area contributed by atoms with Gasteiger partial charge in [0.1, 0.15) is 0 Å². The summed E-state index contributed by atoms with van der Waals surface area (Å²) < 4.78 is 6.48. The number of anilines is 1. The van der Waals surface area contributed by atoms with Gasteiger partial charge in [-0.2, -0.15) is 0 Å². The topological polar surface area (TPSA) is 64.4 Å². The van der Waals surface area contributed by atoms with Crippen LogP contribution in [0.5, 0.6) is 0 Å². The minimum Gasteiger partial charge on any atom is -0.398 e. The number of benzene rings is 1. The number of halogens is 1. The van der Waals surface area contributed by atoms with Gasteiger partial charge < -0.3 is 15.8 Å². The van der Waals surface area contributed by atoms with Crippen LogP contribution >= 0.6 is 15.9 Å². The van der Waals surface area contributed by atoms with E-state index in [1.54, 1.807) is 18.2 Å². The van der Waals surface area contributed by atoms with E-state index in [9.17, 15) is 4.79 Å². The monoisotopic (exact) mass is 324 g/mol. The van der Waals surface area contributed by atoms with Gasteiger partial charge in [0.05, 0.1) is 12.1 Å². The molecule has 1 heterocycles. The third kappa shape index (κ3) is 2.77. The lowest BCUT2D eigenvalue weighted by Gasteiger charge is -2.19. The molecule has 2 unspecified atom stereocenters. The van der Waals surface area contributed by atoms with Gasteiger partial charge in [-0.25, -0.2) is 0 Å². The van der Waals surface area contributed by atoms with Crippen molar-refractivity contribution in [2.24, 2.45) is 5.92 Å².